The molecule has 1 atom stereocenters. The molecule has 0 saturated carbocycles. The van der Waals surface area contributed by atoms with Crippen LogP contribution < -0.4 is 9.64 Å². The van der Waals surface area contributed by atoms with Gasteiger partial charge in [-0.1, -0.05) is 12.1 Å². The van der Waals surface area contributed by atoms with Crippen molar-refractivity contribution in [2.75, 3.05) is 11.4 Å². The molecule has 2 heterocycles. The van der Waals surface area contributed by atoms with E-state index in [1.165, 1.54) is 0 Å². The summed E-state index contributed by atoms with van der Waals surface area (Å²) in [6, 6.07) is 11.3. The van der Waals surface area contributed by atoms with Crippen LogP contribution >= 0.6 is 0 Å². The van der Waals surface area contributed by atoms with Crippen LogP contribution in [0.5, 0.6) is 5.75 Å². The zero-order valence-corrected chi connectivity index (χ0v) is 13.3. The third-order valence-electron chi connectivity index (χ3n) is 3.46. The molecule has 0 fully saturated rings. The van der Waals surface area contributed by atoms with Crippen molar-refractivity contribution in [2.45, 2.75) is 25.2 Å². The fourth-order valence-corrected chi connectivity index (χ4v) is 3.07. The van der Waals surface area contributed by atoms with Crippen molar-refractivity contribution in [1.29, 1.82) is 0 Å². The Hall–Kier alpha value is -1.92. The molecule has 1 N–H and O–H groups in total. The predicted octanol–water partition coefficient (Wildman–Crippen LogP) is 3.11. The maximum absolute atomic E-state index is 11.0. The van der Waals surface area contributed by atoms with E-state index in [-0.39, 0.29) is 11.4 Å². The highest BCUT2D eigenvalue weighted by molar-refractivity contribution is 7.78. The van der Waals surface area contributed by atoms with E-state index >= 15 is 0 Å². The number of anilines is 2. The second kappa shape index (κ2) is 5.70. The minimum atomic E-state index is -1.86. The third-order valence-corrected chi connectivity index (χ3v) is 4.04. The lowest BCUT2D eigenvalue weighted by Gasteiger charge is -2.40. The first kappa shape index (κ1) is 15.0. The smallest absolute Gasteiger partial charge is 0.157 e. The molecule has 1 aromatic heterocycles. The van der Waals surface area contributed by atoms with E-state index in [9.17, 15) is 4.21 Å². The van der Waals surface area contributed by atoms with Crippen LogP contribution in [0.25, 0.3) is 0 Å². The first-order chi connectivity index (χ1) is 10.4. The number of rotatable bonds is 3. The van der Waals surface area contributed by atoms with Gasteiger partial charge in [-0.05, 0) is 43.7 Å². The Morgan fingerprint density at radius 2 is 2.18 bits per heavy atom. The molecule has 5 nitrogen and oxygen atoms in total. The largest absolute Gasteiger partial charge is 0.484 e. The van der Waals surface area contributed by atoms with Crippen LogP contribution in [0.2, 0.25) is 0 Å². The van der Waals surface area contributed by atoms with Gasteiger partial charge in [0.25, 0.3) is 0 Å². The zero-order valence-electron chi connectivity index (χ0n) is 12.5. The van der Waals surface area contributed by atoms with Gasteiger partial charge in [0.1, 0.15) is 17.2 Å². The Morgan fingerprint density at radius 3 is 2.86 bits per heavy atom. The highest BCUT2D eigenvalue weighted by atomic mass is 32.2. The summed E-state index contributed by atoms with van der Waals surface area (Å²) < 4.78 is 26.2. The Balaban J connectivity index is 2.06. The monoisotopic (exact) mass is 318 g/mol. The van der Waals surface area contributed by atoms with Gasteiger partial charge in [0, 0.05) is 6.20 Å². The van der Waals surface area contributed by atoms with E-state index in [0.717, 1.165) is 22.8 Å². The number of hydrogen-bond acceptors (Lipinski definition) is 4. The second-order valence-corrected chi connectivity index (χ2v) is 6.84. The number of hydrogen-bond donors (Lipinski definition) is 1. The molecule has 0 bridgehead atoms. The minimum Gasteiger partial charge on any atom is -0.484 e. The number of benzene rings is 1. The van der Waals surface area contributed by atoms with E-state index in [4.69, 9.17) is 9.29 Å². The zero-order chi connectivity index (χ0) is 15.7. The molecule has 22 heavy (non-hydrogen) atoms. The van der Waals surface area contributed by atoms with Crippen LogP contribution in [0.1, 0.15) is 19.4 Å². The molecule has 3 rings (SSSR count). The highest BCUT2D eigenvalue weighted by Gasteiger charge is 2.33. The van der Waals surface area contributed by atoms with E-state index in [0.29, 0.717) is 6.54 Å². The van der Waals surface area contributed by atoms with E-state index in [1.54, 1.807) is 6.20 Å². The lowest BCUT2D eigenvalue weighted by Crippen LogP contribution is -2.45. The van der Waals surface area contributed by atoms with Crippen molar-refractivity contribution in [3.8, 4) is 5.75 Å². The van der Waals surface area contributed by atoms with E-state index < -0.39 is 11.1 Å². The Morgan fingerprint density at radius 1 is 1.36 bits per heavy atom. The van der Waals surface area contributed by atoms with Gasteiger partial charge < -0.3 is 14.2 Å². The average molecular weight is 318 g/mol. The molecule has 6 heteroatoms. The van der Waals surface area contributed by atoms with Gasteiger partial charge in [0.15, 0.2) is 11.1 Å². The van der Waals surface area contributed by atoms with Gasteiger partial charge in [0.2, 0.25) is 0 Å². The van der Waals surface area contributed by atoms with Crippen LogP contribution in [0, 0.1) is 0 Å². The molecule has 0 aliphatic carbocycles. The molecule has 0 saturated heterocycles. The molecule has 1 aliphatic heterocycles. The summed E-state index contributed by atoms with van der Waals surface area (Å²) in [5.74, 6) is 1.70. The first-order valence-electron chi connectivity index (χ1n) is 7.03. The summed E-state index contributed by atoms with van der Waals surface area (Å²) in [4.78, 5) is 6.50. The lowest BCUT2D eigenvalue weighted by molar-refractivity contribution is 0.108. The second-order valence-electron chi connectivity index (χ2n) is 5.90. The molecule has 0 amide bonds. The quantitative estimate of drug-likeness (QED) is 0.881. The van der Waals surface area contributed by atoms with Crippen LogP contribution in [-0.4, -0.2) is 25.9 Å². The SMILES string of the molecule is CC1(C)CN(c2ccccn2)c2cc(CS(=O)O)ccc2O1. The summed E-state index contributed by atoms with van der Waals surface area (Å²) in [5.41, 5.74) is 1.33. The van der Waals surface area contributed by atoms with Crippen molar-refractivity contribution in [2.24, 2.45) is 0 Å². The average Bonchev–Trinajstić information content (AvgIpc) is 2.46. The van der Waals surface area contributed by atoms with Gasteiger partial charge >= 0.3 is 0 Å². The normalized spacial score (nSPS) is 17.5. The Bertz CT molecular complexity index is 704. The topological polar surface area (TPSA) is 62.7 Å². The molecular weight excluding hydrogens is 300 g/mol. The molecule has 1 unspecified atom stereocenters. The molecule has 1 aliphatic rings. The van der Waals surface area contributed by atoms with E-state index in [1.807, 2.05) is 50.2 Å². The van der Waals surface area contributed by atoms with Crippen molar-refractivity contribution >= 4 is 22.6 Å². The summed E-state index contributed by atoms with van der Waals surface area (Å²) in [7, 11) is 0. The van der Waals surface area contributed by atoms with Gasteiger partial charge in [-0.15, -0.1) is 0 Å². The number of ether oxygens (including phenoxy) is 1. The van der Waals surface area contributed by atoms with Gasteiger partial charge in [-0.2, -0.15) is 0 Å². The van der Waals surface area contributed by atoms with Crippen LogP contribution in [0.4, 0.5) is 11.5 Å². The molecule has 2 aromatic rings. The number of fused-ring (bicyclic) bond motifs is 1. The molecule has 116 valence electrons. The Kier molecular flexibility index (Phi) is 3.88. The minimum absolute atomic E-state index is 0.104. The molecule has 0 radical (unpaired) electrons. The summed E-state index contributed by atoms with van der Waals surface area (Å²) in [5, 5.41) is 0. The first-order valence-corrected chi connectivity index (χ1v) is 8.30. The fraction of sp³-hybridized carbons (Fsp3) is 0.312. The van der Waals surface area contributed by atoms with Crippen molar-refractivity contribution in [3.05, 3.63) is 48.2 Å². The van der Waals surface area contributed by atoms with Crippen molar-refractivity contribution < 1.29 is 13.5 Å². The Labute approximate surface area is 132 Å². The number of nitrogens with zero attached hydrogens (tertiary/aromatic N) is 2. The van der Waals surface area contributed by atoms with E-state index in [2.05, 4.69) is 9.88 Å². The predicted molar refractivity (Wildman–Crippen MR) is 86.9 cm³/mol. The van der Waals surface area contributed by atoms with Crippen LogP contribution in [-0.2, 0) is 16.8 Å². The van der Waals surface area contributed by atoms with Crippen LogP contribution in [0.15, 0.2) is 42.6 Å². The molecule has 0 spiro atoms. The maximum atomic E-state index is 11.0. The standard InChI is InChI=1S/C16H18N2O3S/c1-16(2)11-18(15-5-3-4-8-17-15)13-9-12(10-22(19)20)6-7-14(13)21-16/h3-9H,10-11H2,1-2H3,(H,19,20). The number of aromatic nitrogens is 1. The third kappa shape index (κ3) is 3.13. The summed E-state index contributed by atoms with van der Waals surface area (Å²) in [6.07, 6.45) is 1.75. The summed E-state index contributed by atoms with van der Waals surface area (Å²) in [6.45, 7) is 4.72. The summed E-state index contributed by atoms with van der Waals surface area (Å²) >= 11 is -1.86. The van der Waals surface area contributed by atoms with Gasteiger partial charge in [-0.25, -0.2) is 9.19 Å². The maximum Gasteiger partial charge on any atom is 0.157 e. The van der Waals surface area contributed by atoms with Gasteiger partial charge in [0.05, 0.1) is 18.0 Å². The van der Waals surface area contributed by atoms with Crippen molar-refractivity contribution in [1.82, 2.24) is 4.98 Å². The van der Waals surface area contributed by atoms with Crippen LogP contribution in [0.3, 0.4) is 0 Å². The van der Waals surface area contributed by atoms with Crippen molar-refractivity contribution in [3.63, 3.8) is 0 Å². The molecular formula is C16H18N2O3S. The van der Waals surface area contributed by atoms with Gasteiger partial charge in [-0.3, -0.25) is 0 Å². The molecule has 1 aromatic carbocycles. The highest BCUT2D eigenvalue weighted by Crippen LogP contribution is 2.41. The number of pyridine rings is 1. The fourth-order valence-electron chi connectivity index (χ4n) is 2.61. The lowest BCUT2D eigenvalue weighted by atomic mass is 10.0.